The highest BCUT2D eigenvalue weighted by Crippen LogP contribution is 2.51. The molecule has 0 aliphatic carbocycles. The number of alkyl halides is 3. The van der Waals surface area contributed by atoms with E-state index in [1.807, 2.05) is 0 Å². The highest BCUT2D eigenvalue weighted by Gasteiger charge is 2.38. The van der Waals surface area contributed by atoms with Gasteiger partial charge < -0.3 is 15.2 Å². The van der Waals surface area contributed by atoms with Crippen LogP contribution in [0, 0.1) is 0 Å². The Morgan fingerprint density at radius 2 is 1.94 bits per heavy atom. The van der Waals surface area contributed by atoms with Gasteiger partial charge in [0.1, 0.15) is 36.3 Å². The third kappa shape index (κ3) is 4.29. The van der Waals surface area contributed by atoms with Crippen LogP contribution in [0.25, 0.3) is 17.0 Å². The maximum Gasteiger partial charge on any atom is 0.421 e. The molecule has 182 valence electrons. The molecule has 3 aromatic heterocycles. The van der Waals surface area contributed by atoms with Crippen molar-refractivity contribution in [3.8, 4) is 5.82 Å². The zero-order chi connectivity index (χ0) is 24.1. The van der Waals surface area contributed by atoms with Crippen LogP contribution in [0.2, 0.25) is 0 Å². The minimum atomic E-state index is -4.69. The molecule has 0 amide bonds. The third-order valence-corrected chi connectivity index (χ3v) is 9.75. The van der Waals surface area contributed by atoms with Crippen molar-refractivity contribution in [3.05, 3.63) is 24.4 Å². The van der Waals surface area contributed by atoms with Crippen LogP contribution in [0.3, 0.4) is 0 Å². The second kappa shape index (κ2) is 8.27. The van der Waals surface area contributed by atoms with Gasteiger partial charge >= 0.3 is 6.18 Å². The lowest BCUT2D eigenvalue weighted by Crippen LogP contribution is -2.50. The summed E-state index contributed by atoms with van der Waals surface area (Å²) in [6.07, 6.45) is 3.00. The highest BCUT2D eigenvalue weighted by atomic mass is 31.2. The minimum absolute atomic E-state index is 0.0123. The fraction of sp³-hybridized carbons (Fsp3) is 0.571. The summed E-state index contributed by atoms with van der Waals surface area (Å²) in [5.41, 5.74) is -0.257. The number of hydrogen-bond acceptors (Lipinski definition) is 8. The Kier molecular flexibility index (Phi) is 5.63. The molecule has 0 saturated carbocycles. The van der Waals surface area contributed by atoms with Crippen molar-refractivity contribution >= 4 is 29.7 Å². The predicted octanol–water partition coefficient (Wildman–Crippen LogP) is 3.35. The Morgan fingerprint density at radius 1 is 1.18 bits per heavy atom. The van der Waals surface area contributed by atoms with Crippen LogP contribution in [-0.2, 0) is 10.7 Å². The van der Waals surface area contributed by atoms with E-state index in [0.717, 1.165) is 31.9 Å². The average molecular weight is 494 g/mol. The summed E-state index contributed by atoms with van der Waals surface area (Å²) in [5, 5.41) is 6.56. The molecule has 1 atom stereocenters. The Bertz CT molecular complexity index is 1250. The van der Waals surface area contributed by atoms with E-state index in [9.17, 15) is 17.7 Å². The molecular formula is C21H26F3N8OP. The van der Waals surface area contributed by atoms with E-state index < -0.39 is 18.9 Å². The molecule has 0 unspecified atom stereocenters. The molecule has 2 N–H and O–H groups in total. The average Bonchev–Trinajstić information content (AvgIpc) is 3.41. The molecular weight excluding hydrogens is 468 g/mol. The normalized spacial score (nSPS) is 22.2. The van der Waals surface area contributed by atoms with Crippen molar-refractivity contribution in [2.75, 3.05) is 24.2 Å². The van der Waals surface area contributed by atoms with E-state index in [1.54, 1.807) is 0 Å². The largest absolute Gasteiger partial charge is 0.421 e. The van der Waals surface area contributed by atoms with Gasteiger partial charge in [0, 0.05) is 36.6 Å². The van der Waals surface area contributed by atoms with E-state index in [2.05, 4.69) is 49.4 Å². The Balaban J connectivity index is 1.56. The Hall–Kier alpha value is -2.59. The van der Waals surface area contributed by atoms with Crippen molar-refractivity contribution in [1.82, 2.24) is 34.8 Å². The number of rotatable bonds is 4. The van der Waals surface area contributed by atoms with Gasteiger partial charge in [0.2, 0.25) is 5.95 Å². The number of nitrogens with one attached hydrogen (secondary N) is 2. The lowest BCUT2D eigenvalue weighted by molar-refractivity contribution is -0.137. The topological polar surface area (TPSA) is 111 Å². The summed E-state index contributed by atoms with van der Waals surface area (Å²) < 4.78 is 56.2. The molecule has 34 heavy (non-hydrogen) atoms. The van der Waals surface area contributed by atoms with Gasteiger partial charge in [-0.2, -0.15) is 18.2 Å². The molecule has 2 saturated heterocycles. The first-order chi connectivity index (χ1) is 16.1. The lowest BCUT2D eigenvalue weighted by atomic mass is 9.91. The summed E-state index contributed by atoms with van der Waals surface area (Å²) >= 11 is 0. The molecule has 0 aromatic carbocycles. The first kappa shape index (κ1) is 23.2. The third-order valence-electron chi connectivity index (χ3n) is 6.57. The molecule has 3 aromatic rings. The van der Waals surface area contributed by atoms with Gasteiger partial charge in [-0.05, 0) is 39.5 Å². The summed E-state index contributed by atoms with van der Waals surface area (Å²) in [6.45, 7) is 4.86. The van der Waals surface area contributed by atoms with Crippen LogP contribution in [0.4, 0.5) is 19.1 Å². The van der Waals surface area contributed by atoms with Crippen LogP contribution in [0.15, 0.2) is 18.9 Å². The van der Waals surface area contributed by atoms with Gasteiger partial charge in [0.15, 0.2) is 11.5 Å². The number of hydrogen-bond donors (Lipinski definition) is 2. The fourth-order valence-electron chi connectivity index (χ4n) is 4.59. The number of fused-ring (bicyclic) bond motifs is 1. The molecule has 2 fully saturated rings. The lowest BCUT2D eigenvalue weighted by Gasteiger charge is -2.36. The fourth-order valence-corrected chi connectivity index (χ4v) is 7.51. The van der Waals surface area contributed by atoms with Crippen LogP contribution >= 0.6 is 7.14 Å². The minimum Gasteiger partial charge on any atom is -0.350 e. The Morgan fingerprint density at radius 3 is 2.62 bits per heavy atom. The predicted molar refractivity (Wildman–Crippen MR) is 122 cm³/mol. The molecule has 2 aliphatic rings. The Labute approximate surface area is 194 Å². The zero-order valence-corrected chi connectivity index (χ0v) is 19.8. The van der Waals surface area contributed by atoms with Crippen molar-refractivity contribution in [2.24, 2.45) is 0 Å². The van der Waals surface area contributed by atoms with Gasteiger partial charge in [-0.1, -0.05) is 0 Å². The SMILES string of the molecule is CC1(C)CC[C@H](Nc2ncc(C(F)(F)F)c(-n3cnc4c(P5(=O)CCCC5)ncnc43)n2)CN1. The van der Waals surface area contributed by atoms with Crippen LogP contribution in [0.1, 0.15) is 45.1 Å². The summed E-state index contributed by atoms with van der Waals surface area (Å²) in [4.78, 5) is 20.8. The summed E-state index contributed by atoms with van der Waals surface area (Å²) in [7, 11) is -2.74. The van der Waals surface area contributed by atoms with Crippen molar-refractivity contribution in [1.29, 1.82) is 0 Å². The van der Waals surface area contributed by atoms with Gasteiger partial charge in [0.25, 0.3) is 0 Å². The number of imidazole rings is 1. The van der Waals surface area contributed by atoms with Crippen LogP contribution in [-0.4, -0.2) is 59.9 Å². The molecule has 0 bridgehead atoms. The molecule has 5 heterocycles. The second-order valence-electron chi connectivity index (χ2n) is 9.60. The molecule has 0 radical (unpaired) electrons. The van der Waals surface area contributed by atoms with Gasteiger partial charge in [0.05, 0.1) is 0 Å². The maximum atomic E-state index is 13.9. The van der Waals surface area contributed by atoms with Crippen molar-refractivity contribution in [2.45, 2.75) is 57.3 Å². The molecule has 0 spiro atoms. The van der Waals surface area contributed by atoms with Gasteiger partial charge in [-0.15, -0.1) is 0 Å². The molecule has 9 nitrogen and oxygen atoms in total. The highest BCUT2D eigenvalue weighted by molar-refractivity contribution is 7.72. The van der Waals surface area contributed by atoms with E-state index in [0.29, 0.717) is 24.3 Å². The van der Waals surface area contributed by atoms with E-state index in [-0.39, 0.29) is 34.5 Å². The van der Waals surface area contributed by atoms with E-state index >= 15 is 0 Å². The van der Waals surface area contributed by atoms with E-state index in [1.165, 1.54) is 17.2 Å². The quantitative estimate of drug-likeness (QED) is 0.532. The van der Waals surface area contributed by atoms with Crippen LogP contribution < -0.4 is 16.1 Å². The number of aromatic nitrogens is 6. The standard InChI is InChI=1S/C21H26F3N8OP/c1-20(2)6-5-13(9-29-20)30-19-25-10-14(21(22,23)24)16(31-19)32-12-28-15-17(32)26-11-27-18(15)34(33)7-3-4-8-34/h10-13,29H,3-9H2,1-2H3,(H,25,30,31)/t13-/m0/s1. The first-order valence-corrected chi connectivity index (χ1v) is 13.4. The molecule has 5 rings (SSSR count). The number of halogens is 3. The molecule has 2 aliphatic heterocycles. The molecule has 13 heteroatoms. The van der Waals surface area contributed by atoms with Crippen LogP contribution in [0.5, 0.6) is 0 Å². The number of piperidine rings is 1. The second-order valence-corrected chi connectivity index (χ2v) is 12.7. The number of anilines is 1. The summed E-state index contributed by atoms with van der Waals surface area (Å²) in [5.74, 6) is -0.292. The number of nitrogens with zero attached hydrogens (tertiary/aromatic N) is 6. The van der Waals surface area contributed by atoms with Gasteiger partial charge in [-0.25, -0.2) is 19.9 Å². The first-order valence-electron chi connectivity index (χ1n) is 11.3. The monoisotopic (exact) mass is 494 g/mol. The maximum absolute atomic E-state index is 13.9. The van der Waals surface area contributed by atoms with Crippen molar-refractivity contribution < 1.29 is 17.7 Å². The van der Waals surface area contributed by atoms with E-state index in [4.69, 9.17) is 0 Å². The van der Waals surface area contributed by atoms with Crippen molar-refractivity contribution in [3.63, 3.8) is 0 Å². The zero-order valence-electron chi connectivity index (χ0n) is 18.9. The summed E-state index contributed by atoms with van der Waals surface area (Å²) in [6, 6.07) is -0.0152. The smallest absolute Gasteiger partial charge is 0.350 e. The van der Waals surface area contributed by atoms with Gasteiger partial charge in [-0.3, -0.25) is 4.57 Å².